The Balaban J connectivity index is 1.79. The monoisotopic (exact) mass is 281 g/mol. The van der Waals surface area contributed by atoms with Gasteiger partial charge < -0.3 is 5.32 Å². The molecule has 2 heterocycles. The number of hydrogen-bond acceptors (Lipinski definition) is 2. The first-order valence-electron chi connectivity index (χ1n) is 6.92. The fraction of sp³-hybridized carbons (Fsp3) is 0.600. The van der Waals surface area contributed by atoms with Crippen molar-refractivity contribution in [2.75, 3.05) is 24.6 Å². The lowest BCUT2D eigenvalue weighted by Crippen LogP contribution is -2.26. The lowest BCUT2D eigenvalue weighted by molar-refractivity contribution is 0.460. The summed E-state index contributed by atoms with van der Waals surface area (Å²) in [7, 11) is 0. The van der Waals surface area contributed by atoms with Crippen LogP contribution in [0, 0.1) is 0 Å². The Morgan fingerprint density at radius 3 is 2.61 bits per heavy atom. The average molecular weight is 282 g/mol. The summed E-state index contributed by atoms with van der Waals surface area (Å²) in [5, 5.41) is 4.42. The molecule has 1 atom stereocenters. The maximum Gasteiger partial charge on any atom is 0.0443 e. The summed E-state index contributed by atoms with van der Waals surface area (Å²) in [5.74, 6) is 3.92. The minimum atomic E-state index is 0.685. The molecule has 1 N–H and O–H groups in total. The molecule has 1 nitrogen and oxygen atoms in total. The highest BCUT2D eigenvalue weighted by molar-refractivity contribution is 7.99. The first-order valence-corrected chi connectivity index (χ1v) is 8.45. The van der Waals surface area contributed by atoms with E-state index >= 15 is 0 Å². The summed E-state index contributed by atoms with van der Waals surface area (Å²) in [6.07, 6.45) is 3.78. The number of piperidine rings is 1. The number of hydrogen-bond donors (Lipinski definition) is 1. The summed E-state index contributed by atoms with van der Waals surface area (Å²) in [4.78, 5) is 0. The number of nitrogens with one attached hydrogen (secondary N) is 1. The zero-order chi connectivity index (χ0) is 12.4. The summed E-state index contributed by atoms with van der Waals surface area (Å²) in [5.41, 5.74) is 2.82. The summed E-state index contributed by atoms with van der Waals surface area (Å²) >= 11 is 8.55. The highest BCUT2D eigenvalue weighted by Crippen LogP contribution is 2.37. The van der Waals surface area contributed by atoms with Crippen LogP contribution in [0.2, 0.25) is 5.02 Å². The molecule has 2 aliphatic rings. The molecule has 3 heteroatoms. The van der Waals surface area contributed by atoms with Crippen molar-refractivity contribution in [2.24, 2.45) is 0 Å². The lowest BCUT2D eigenvalue weighted by Gasteiger charge is -2.24. The Bertz CT molecular complexity index is 409. The largest absolute Gasteiger partial charge is 0.317 e. The van der Waals surface area contributed by atoms with Crippen molar-refractivity contribution in [1.82, 2.24) is 5.32 Å². The maximum absolute atomic E-state index is 6.50. The zero-order valence-corrected chi connectivity index (χ0v) is 12.2. The van der Waals surface area contributed by atoms with Crippen LogP contribution in [0.3, 0.4) is 0 Å². The first-order chi connectivity index (χ1) is 8.84. The predicted octanol–water partition coefficient (Wildman–Crippen LogP) is 4.03. The number of rotatable bonds is 2. The van der Waals surface area contributed by atoms with Gasteiger partial charge in [0.2, 0.25) is 0 Å². The Hall–Kier alpha value is -0.180. The molecule has 0 bridgehead atoms. The first kappa shape index (κ1) is 12.8. The molecule has 2 aliphatic heterocycles. The van der Waals surface area contributed by atoms with E-state index in [1.54, 1.807) is 0 Å². The van der Waals surface area contributed by atoms with E-state index in [-0.39, 0.29) is 0 Å². The molecular weight excluding hydrogens is 262 g/mol. The van der Waals surface area contributed by atoms with Gasteiger partial charge in [-0.2, -0.15) is 11.8 Å². The smallest absolute Gasteiger partial charge is 0.0443 e. The third kappa shape index (κ3) is 2.71. The van der Waals surface area contributed by atoms with Crippen molar-refractivity contribution in [3.8, 4) is 0 Å². The van der Waals surface area contributed by atoms with Crippen LogP contribution >= 0.6 is 23.4 Å². The summed E-state index contributed by atoms with van der Waals surface area (Å²) in [6, 6.07) is 6.84. The highest BCUT2D eigenvalue weighted by atomic mass is 35.5. The topological polar surface area (TPSA) is 12.0 Å². The van der Waals surface area contributed by atoms with Gasteiger partial charge in [-0.05, 0) is 67.1 Å². The Morgan fingerprint density at radius 1 is 1.11 bits per heavy atom. The number of halogens is 1. The molecule has 2 saturated heterocycles. The van der Waals surface area contributed by atoms with Crippen LogP contribution in [0.15, 0.2) is 18.2 Å². The second-order valence-electron chi connectivity index (χ2n) is 5.37. The third-order valence-electron chi connectivity index (χ3n) is 4.20. The van der Waals surface area contributed by atoms with E-state index in [9.17, 15) is 0 Å². The van der Waals surface area contributed by atoms with Crippen molar-refractivity contribution < 1.29 is 0 Å². The van der Waals surface area contributed by atoms with Gasteiger partial charge in [-0.3, -0.25) is 0 Å². The van der Waals surface area contributed by atoms with Crippen molar-refractivity contribution in [2.45, 2.75) is 31.1 Å². The van der Waals surface area contributed by atoms with Gasteiger partial charge >= 0.3 is 0 Å². The molecule has 3 rings (SSSR count). The average Bonchev–Trinajstić information content (AvgIpc) is 2.93. The van der Waals surface area contributed by atoms with Crippen LogP contribution in [0.25, 0.3) is 0 Å². The maximum atomic E-state index is 6.50. The minimum absolute atomic E-state index is 0.685. The molecule has 2 fully saturated rings. The van der Waals surface area contributed by atoms with Gasteiger partial charge in [0.05, 0.1) is 0 Å². The van der Waals surface area contributed by atoms with Crippen LogP contribution in [0.5, 0.6) is 0 Å². The molecule has 1 aromatic rings. The van der Waals surface area contributed by atoms with E-state index in [1.807, 2.05) is 0 Å². The molecule has 18 heavy (non-hydrogen) atoms. The molecule has 1 aromatic carbocycles. The molecule has 0 aliphatic carbocycles. The zero-order valence-electron chi connectivity index (χ0n) is 10.6. The molecule has 0 radical (unpaired) electrons. The number of thioether (sulfide) groups is 1. The van der Waals surface area contributed by atoms with Gasteiger partial charge in [0.25, 0.3) is 0 Å². The molecule has 0 amide bonds. The second kappa shape index (κ2) is 5.85. The molecule has 0 spiro atoms. The van der Waals surface area contributed by atoms with Crippen LogP contribution < -0.4 is 5.32 Å². The molecular formula is C15H20ClNS. The Labute approximate surface area is 119 Å². The lowest BCUT2D eigenvalue weighted by atomic mass is 9.88. The van der Waals surface area contributed by atoms with Gasteiger partial charge in [-0.1, -0.05) is 23.7 Å². The van der Waals surface area contributed by atoms with Crippen molar-refractivity contribution >= 4 is 23.4 Å². The summed E-state index contributed by atoms with van der Waals surface area (Å²) in [6.45, 7) is 2.28. The van der Waals surface area contributed by atoms with Crippen molar-refractivity contribution in [1.29, 1.82) is 0 Å². The predicted molar refractivity (Wildman–Crippen MR) is 81.0 cm³/mol. The van der Waals surface area contributed by atoms with Crippen LogP contribution in [0.1, 0.15) is 42.2 Å². The minimum Gasteiger partial charge on any atom is -0.317 e. The van der Waals surface area contributed by atoms with E-state index in [1.165, 1.54) is 41.9 Å². The third-order valence-corrected chi connectivity index (χ3v) is 5.69. The fourth-order valence-electron chi connectivity index (χ4n) is 3.06. The van der Waals surface area contributed by atoms with E-state index in [0.717, 1.165) is 18.1 Å². The SMILES string of the molecule is Clc1cc(C2CCNCC2)ccc1C1CCSC1. The number of benzene rings is 1. The fourth-order valence-corrected chi connectivity index (χ4v) is 4.66. The van der Waals surface area contributed by atoms with Gasteiger partial charge in [-0.25, -0.2) is 0 Å². The molecule has 98 valence electrons. The quantitative estimate of drug-likeness (QED) is 0.878. The normalized spacial score (nSPS) is 25.5. The Kier molecular flexibility index (Phi) is 4.17. The van der Waals surface area contributed by atoms with Gasteiger partial charge in [0.1, 0.15) is 0 Å². The molecule has 0 aromatic heterocycles. The van der Waals surface area contributed by atoms with E-state index < -0.39 is 0 Å². The van der Waals surface area contributed by atoms with E-state index in [4.69, 9.17) is 11.6 Å². The standard InChI is InChI=1S/C15H20ClNS/c16-15-9-12(11-3-6-17-7-4-11)1-2-14(15)13-5-8-18-10-13/h1-2,9,11,13,17H,3-8,10H2. The highest BCUT2D eigenvalue weighted by Gasteiger charge is 2.21. The molecule has 1 unspecified atom stereocenters. The van der Waals surface area contributed by atoms with Gasteiger partial charge in [0, 0.05) is 10.8 Å². The Morgan fingerprint density at radius 2 is 1.94 bits per heavy atom. The van der Waals surface area contributed by atoms with E-state index in [0.29, 0.717) is 11.8 Å². The van der Waals surface area contributed by atoms with Gasteiger partial charge in [0.15, 0.2) is 0 Å². The van der Waals surface area contributed by atoms with Crippen LogP contribution in [-0.2, 0) is 0 Å². The second-order valence-corrected chi connectivity index (χ2v) is 6.92. The van der Waals surface area contributed by atoms with Crippen molar-refractivity contribution in [3.05, 3.63) is 34.3 Å². The van der Waals surface area contributed by atoms with Crippen LogP contribution in [0.4, 0.5) is 0 Å². The van der Waals surface area contributed by atoms with Crippen LogP contribution in [-0.4, -0.2) is 24.6 Å². The summed E-state index contributed by atoms with van der Waals surface area (Å²) < 4.78 is 0. The molecule has 0 saturated carbocycles. The van der Waals surface area contributed by atoms with Crippen molar-refractivity contribution in [3.63, 3.8) is 0 Å². The van der Waals surface area contributed by atoms with E-state index in [2.05, 4.69) is 35.3 Å². The van der Waals surface area contributed by atoms with Gasteiger partial charge in [-0.15, -0.1) is 0 Å².